The van der Waals surface area contributed by atoms with Gasteiger partial charge in [0.05, 0.1) is 7.11 Å². The van der Waals surface area contributed by atoms with E-state index in [1.807, 2.05) is 0 Å². The van der Waals surface area contributed by atoms with Crippen LogP contribution in [0.2, 0.25) is 0 Å². The second-order valence-corrected chi connectivity index (χ2v) is 3.95. The maximum atomic E-state index is 12.5. The second kappa shape index (κ2) is 5.94. The van der Waals surface area contributed by atoms with Gasteiger partial charge in [-0.2, -0.15) is 0 Å². The Bertz CT molecular complexity index is 380. The molecule has 0 N–H and O–H groups in total. The molecule has 0 aromatic heterocycles. The van der Waals surface area contributed by atoms with Gasteiger partial charge in [0.2, 0.25) is 0 Å². The van der Waals surface area contributed by atoms with E-state index in [-0.39, 0.29) is 29.1 Å². The van der Waals surface area contributed by atoms with Gasteiger partial charge >= 0.3 is 0 Å². The zero-order valence-corrected chi connectivity index (χ0v) is 10.3. The van der Waals surface area contributed by atoms with Gasteiger partial charge in [0, 0.05) is 22.9 Å². The summed E-state index contributed by atoms with van der Waals surface area (Å²) in [5, 5.41) is 0.507. The number of halogens is 3. The zero-order chi connectivity index (χ0) is 12.1. The SMILES string of the molecule is COc1cc(C(=O)CCBr)cc(C(F)F)c1. The molecule has 1 aromatic carbocycles. The zero-order valence-electron chi connectivity index (χ0n) is 8.67. The number of ketones is 1. The van der Waals surface area contributed by atoms with E-state index in [4.69, 9.17) is 4.74 Å². The largest absolute Gasteiger partial charge is 0.497 e. The summed E-state index contributed by atoms with van der Waals surface area (Å²) in [7, 11) is 1.38. The Balaban J connectivity index is 3.08. The highest BCUT2D eigenvalue weighted by molar-refractivity contribution is 9.09. The minimum atomic E-state index is -2.61. The van der Waals surface area contributed by atoms with Crippen LogP contribution in [0.15, 0.2) is 18.2 Å². The summed E-state index contributed by atoms with van der Waals surface area (Å²) < 4.78 is 29.9. The van der Waals surface area contributed by atoms with Gasteiger partial charge in [-0.05, 0) is 18.2 Å². The molecule has 0 amide bonds. The van der Waals surface area contributed by atoms with Gasteiger partial charge in [-0.15, -0.1) is 0 Å². The lowest BCUT2D eigenvalue weighted by atomic mass is 10.1. The van der Waals surface area contributed by atoms with Crippen molar-refractivity contribution in [1.82, 2.24) is 0 Å². The summed E-state index contributed by atoms with van der Waals surface area (Å²) in [5.41, 5.74) is 0.0615. The van der Waals surface area contributed by atoms with Crippen LogP contribution in [0, 0.1) is 0 Å². The van der Waals surface area contributed by atoms with E-state index in [1.54, 1.807) is 0 Å². The number of carbonyl (C=O) groups is 1. The van der Waals surface area contributed by atoms with Gasteiger partial charge in [0.1, 0.15) is 5.75 Å². The normalized spacial score (nSPS) is 10.6. The minimum absolute atomic E-state index is 0.183. The Hall–Kier alpha value is -0.970. The van der Waals surface area contributed by atoms with Crippen LogP contribution in [0.3, 0.4) is 0 Å². The molecule has 16 heavy (non-hydrogen) atoms. The molecule has 5 heteroatoms. The third-order valence-corrected chi connectivity index (χ3v) is 2.46. The molecule has 0 unspecified atom stereocenters. The van der Waals surface area contributed by atoms with Gasteiger partial charge in [-0.25, -0.2) is 8.78 Å². The summed E-state index contributed by atoms with van der Waals surface area (Å²) in [6.45, 7) is 0. The maximum absolute atomic E-state index is 12.5. The molecule has 0 saturated carbocycles. The van der Waals surface area contributed by atoms with Crippen molar-refractivity contribution in [3.8, 4) is 5.75 Å². The van der Waals surface area contributed by atoms with Gasteiger partial charge in [0.25, 0.3) is 6.43 Å². The fraction of sp³-hybridized carbons (Fsp3) is 0.364. The molecule has 1 rings (SSSR count). The van der Waals surface area contributed by atoms with Crippen LogP contribution in [-0.2, 0) is 0 Å². The number of rotatable bonds is 5. The average molecular weight is 293 g/mol. The van der Waals surface area contributed by atoms with E-state index in [2.05, 4.69) is 15.9 Å². The lowest BCUT2D eigenvalue weighted by molar-refractivity contribution is 0.0989. The Kier molecular flexibility index (Phi) is 4.86. The van der Waals surface area contributed by atoms with E-state index in [0.717, 1.165) is 0 Å². The number of hydrogen-bond donors (Lipinski definition) is 0. The van der Waals surface area contributed by atoms with Crippen molar-refractivity contribution >= 4 is 21.7 Å². The summed E-state index contributed by atoms with van der Waals surface area (Å²) in [6.07, 6.45) is -2.33. The number of ether oxygens (including phenoxy) is 1. The van der Waals surface area contributed by atoms with Gasteiger partial charge < -0.3 is 4.74 Å². The van der Waals surface area contributed by atoms with Crippen LogP contribution >= 0.6 is 15.9 Å². The Morgan fingerprint density at radius 2 is 2.12 bits per heavy atom. The van der Waals surface area contributed by atoms with Crippen molar-refractivity contribution in [1.29, 1.82) is 0 Å². The molecular weight excluding hydrogens is 282 g/mol. The summed E-state index contributed by atoms with van der Waals surface area (Å²) in [5.74, 6) is 0.0911. The molecule has 0 atom stereocenters. The van der Waals surface area contributed by atoms with Crippen molar-refractivity contribution < 1.29 is 18.3 Å². The fourth-order valence-electron chi connectivity index (χ4n) is 1.26. The minimum Gasteiger partial charge on any atom is -0.497 e. The second-order valence-electron chi connectivity index (χ2n) is 3.16. The van der Waals surface area contributed by atoms with Crippen LogP contribution < -0.4 is 4.74 Å². The van der Waals surface area contributed by atoms with Gasteiger partial charge in [-0.3, -0.25) is 4.79 Å². The summed E-state index contributed by atoms with van der Waals surface area (Å²) in [4.78, 5) is 11.6. The summed E-state index contributed by atoms with van der Waals surface area (Å²) in [6, 6.07) is 3.91. The van der Waals surface area contributed by atoms with Crippen molar-refractivity contribution in [3.05, 3.63) is 29.3 Å². The molecule has 88 valence electrons. The number of carbonyl (C=O) groups excluding carboxylic acids is 1. The third-order valence-electron chi connectivity index (χ3n) is 2.06. The molecule has 0 fully saturated rings. The van der Waals surface area contributed by atoms with Crippen LogP contribution in [0.1, 0.15) is 28.8 Å². The van der Waals surface area contributed by atoms with Crippen LogP contribution in [0.4, 0.5) is 8.78 Å². The van der Waals surface area contributed by atoms with Crippen LogP contribution in [-0.4, -0.2) is 18.2 Å². The molecule has 0 heterocycles. The van der Waals surface area contributed by atoms with Crippen molar-refractivity contribution in [2.45, 2.75) is 12.8 Å². The molecule has 0 aliphatic carbocycles. The van der Waals surface area contributed by atoms with Gasteiger partial charge in [-0.1, -0.05) is 15.9 Å². The smallest absolute Gasteiger partial charge is 0.264 e. The van der Waals surface area contributed by atoms with Gasteiger partial charge in [0.15, 0.2) is 5.78 Å². The Morgan fingerprint density at radius 3 is 2.62 bits per heavy atom. The highest BCUT2D eigenvalue weighted by Gasteiger charge is 2.13. The lowest BCUT2D eigenvalue weighted by Crippen LogP contribution is -2.02. The van der Waals surface area contributed by atoms with E-state index in [9.17, 15) is 13.6 Å². The van der Waals surface area contributed by atoms with E-state index in [1.165, 1.54) is 25.3 Å². The first-order chi connectivity index (χ1) is 7.58. The predicted molar refractivity (Wildman–Crippen MR) is 60.7 cm³/mol. The molecule has 0 aliphatic rings. The first-order valence-corrected chi connectivity index (χ1v) is 5.77. The predicted octanol–water partition coefficient (Wildman–Crippen LogP) is 3.60. The number of hydrogen-bond acceptors (Lipinski definition) is 2. The number of methoxy groups -OCH3 is 1. The first-order valence-electron chi connectivity index (χ1n) is 4.64. The molecule has 0 saturated heterocycles. The standard InChI is InChI=1S/C11H11BrF2O2/c1-16-9-5-7(10(15)2-3-12)4-8(6-9)11(13)14/h4-6,11H,2-3H2,1H3. The topological polar surface area (TPSA) is 26.3 Å². The Labute approximate surface area is 101 Å². The molecule has 0 bridgehead atoms. The molecule has 0 spiro atoms. The lowest BCUT2D eigenvalue weighted by Gasteiger charge is -2.07. The molecule has 0 aliphatic heterocycles. The van der Waals surface area contributed by atoms with Crippen LogP contribution in [0.5, 0.6) is 5.75 Å². The fourth-order valence-corrected chi connectivity index (χ4v) is 1.62. The van der Waals surface area contributed by atoms with E-state index in [0.29, 0.717) is 5.33 Å². The number of Topliss-reactive ketones (excluding diaryl/α,β-unsaturated/α-hetero) is 1. The molecule has 1 aromatic rings. The van der Waals surface area contributed by atoms with E-state index < -0.39 is 6.43 Å². The van der Waals surface area contributed by atoms with Crippen molar-refractivity contribution in [2.24, 2.45) is 0 Å². The quantitative estimate of drug-likeness (QED) is 0.612. The molecular formula is C11H11BrF2O2. The molecule has 2 nitrogen and oxygen atoms in total. The number of benzene rings is 1. The monoisotopic (exact) mass is 292 g/mol. The van der Waals surface area contributed by atoms with Crippen molar-refractivity contribution in [3.63, 3.8) is 0 Å². The first kappa shape index (κ1) is 13.1. The maximum Gasteiger partial charge on any atom is 0.264 e. The van der Waals surface area contributed by atoms with Crippen molar-refractivity contribution in [2.75, 3.05) is 12.4 Å². The number of alkyl halides is 3. The highest BCUT2D eigenvalue weighted by atomic mass is 79.9. The Morgan fingerprint density at radius 1 is 1.44 bits per heavy atom. The highest BCUT2D eigenvalue weighted by Crippen LogP contribution is 2.25. The van der Waals surface area contributed by atoms with Crippen LogP contribution in [0.25, 0.3) is 0 Å². The summed E-state index contributed by atoms with van der Waals surface area (Å²) >= 11 is 3.13. The average Bonchev–Trinajstić information content (AvgIpc) is 2.28. The molecule has 0 radical (unpaired) electrons. The third kappa shape index (κ3) is 3.27. The van der Waals surface area contributed by atoms with E-state index >= 15 is 0 Å².